The average molecular weight is 473 g/mol. The number of rotatable bonds is 6. The molecule has 0 aliphatic carbocycles. The summed E-state index contributed by atoms with van der Waals surface area (Å²) in [7, 11) is 3.27. The van der Waals surface area contributed by atoms with Gasteiger partial charge in [-0.25, -0.2) is 0 Å². The molecule has 0 saturated carbocycles. The van der Waals surface area contributed by atoms with Gasteiger partial charge in [-0.3, -0.25) is 9.79 Å². The zero-order valence-corrected chi connectivity index (χ0v) is 18.4. The lowest BCUT2D eigenvalue weighted by atomic mass is 9.82. The van der Waals surface area contributed by atoms with Crippen molar-refractivity contribution in [3.05, 3.63) is 35.9 Å². The lowest BCUT2D eigenvalue weighted by Gasteiger charge is -2.39. The van der Waals surface area contributed by atoms with Gasteiger partial charge in [0.05, 0.1) is 7.11 Å². The molecular weight excluding hydrogens is 441 g/mol. The summed E-state index contributed by atoms with van der Waals surface area (Å²) >= 11 is 0. The number of halogens is 1. The molecule has 1 heterocycles. The van der Waals surface area contributed by atoms with Gasteiger partial charge in [0.25, 0.3) is 0 Å². The summed E-state index contributed by atoms with van der Waals surface area (Å²) in [4.78, 5) is 17.9. The maximum atomic E-state index is 11.1. The number of nitrogens with one attached hydrogen (secondary N) is 1. The number of carbonyl (C=O) groups is 1. The van der Waals surface area contributed by atoms with Crippen LogP contribution in [0.25, 0.3) is 0 Å². The summed E-state index contributed by atoms with van der Waals surface area (Å²) in [5.41, 5.74) is 1.44. The number of nitrogens with zero attached hydrogens (tertiary/aromatic N) is 2. The third kappa shape index (κ3) is 6.78. The Labute approximate surface area is 174 Å². The number of benzene rings is 1. The van der Waals surface area contributed by atoms with E-state index in [1.807, 2.05) is 7.05 Å². The van der Waals surface area contributed by atoms with Gasteiger partial charge in [0, 0.05) is 33.1 Å². The molecule has 1 aliphatic heterocycles. The van der Waals surface area contributed by atoms with E-state index >= 15 is 0 Å². The lowest BCUT2D eigenvalue weighted by molar-refractivity contribution is -0.140. The Morgan fingerprint density at radius 3 is 2.65 bits per heavy atom. The number of likely N-dealkylation sites (tertiary alicyclic amines) is 1. The number of esters is 1. The summed E-state index contributed by atoms with van der Waals surface area (Å²) < 4.78 is 4.66. The van der Waals surface area contributed by atoms with E-state index in [4.69, 9.17) is 0 Å². The molecule has 2 unspecified atom stereocenters. The zero-order chi connectivity index (χ0) is 18.1. The van der Waals surface area contributed by atoms with Crippen molar-refractivity contribution in [1.29, 1.82) is 0 Å². The highest BCUT2D eigenvalue weighted by molar-refractivity contribution is 14.0. The highest BCUT2D eigenvalue weighted by atomic mass is 127. The molecule has 1 saturated heterocycles. The molecular formula is C20H32IN3O2. The first-order chi connectivity index (χ1) is 12.2. The Morgan fingerprint density at radius 2 is 2.04 bits per heavy atom. The van der Waals surface area contributed by atoms with Crippen LogP contribution in [0.1, 0.15) is 44.1 Å². The molecule has 0 spiro atoms. The van der Waals surface area contributed by atoms with E-state index in [0.717, 1.165) is 44.9 Å². The van der Waals surface area contributed by atoms with Crippen molar-refractivity contribution < 1.29 is 9.53 Å². The molecule has 0 aromatic heterocycles. The number of ether oxygens (including phenoxy) is 1. The van der Waals surface area contributed by atoms with Gasteiger partial charge in [0.1, 0.15) is 0 Å². The fourth-order valence-corrected chi connectivity index (χ4v) is 3.56. The van der Waals surface area contributed by atoms with Crippen molar-refractivity contribution in [2.45, 2.75) is 38.5 Å². The molecule has 26 heavy (non-hydrogen) atoms. The van der Waals surface area contributed by atoms with E-state index < -0.39 is 0 Å². The average Bonchev–Trinajstić information content (AvgIpc) is 2.65. The Morgan fingerprint density at radius 1 is 1.31 bits per heavy atom. The summed E-state index contributed by atoms with van der Waals surface area (Å²) in [5.74, 6) is 2.04. The van der Waals surface area contributed by atoms with Gasteiger partial charge in [0.2, 0.25) is 0 Å². The quantitative estimate of drug-likeness (QED) is 0.225. The van der Waals surface area contributed by atoms with Crippen molar-refractivity contribution in [1.82, 2.24) is 10.2 Å². The van der Waals surface area contributed by atoms with Gasteiger partial charge in [-0.15, -0.1) is 24.0 Å². The molecule has 0 amide bonds. The largest absolute Gasteiger partial charge is 0.469 e. The van der Waals surface area contributed by atoms with Crippen LogP contribution in [0.2, 0.25) is 0 Å². The van der Waals surface area contributed by atoms with Gasteiger partial charge in [-0.05, 0) is 36.7 Å². The second kappa shape index (κ2) is 12.1. The van der Waals surface area contributed by atoms with Gasteiger partial charge in [-0.2, -0.15) is 0 Å². The monoisotopic (exact) mass is 473 g/mol. The molecule has 146 valence electrons. The van der Waals surface area contributed by atoms with Crippen LogP contribution in [0.5, 0.6) is 0 Å². The van der Waals surface area contributed by atoms with Crippen LogP contribution in [0.15, 0.2) is 35.3 Å². The number of piperidine rings is 1. The van der Waals surface area contributed by atoms with Crippen molar-refractivity contribution in [3.8, 4) is 0 Å². The van der Waals surface area contributed by atoms with E-state index in [-0.39, 0.29) is 29.9 Å². The van der Waals surface area contributed by atoms with E-state index in [2.05, 4.69) is 57.2 Å². The Kier molecular flexibility index (Phi) is 10.6. The summed E-state index contributed by atoms with van der Waals surface area (Å²) in [6.45, 7) is 5.19. The predicted octanol–water partition coefficient (Wildman–Crippen LogP) is 3.65. The predicted molar refractivity (Wildman–Crippen MR) is 117 cm³/mol. The van der Waals surface area contributed by atoms with Crippen molar-refractivity contribution in [2.75, 3.05) is 33.8 Å². The fraction of sp³-hybridized carbons (Fsp3) is 0.600. The van der Waals surface area contributed by atoms with Crippen LogP contribution in [0, 0.1) is 5.92 Å². The van der Waals surface area contributed by atoms with Crippen molar-refractivity contribution in [2.24, 2.45) is 10.9 Å². The highest BCUT2D eigenvalue weighted by Gasteiger charge is 2.28. The maximum Gasteiger partial charge on any atom is 0.305 e. The van der Waals surface area contributed by atoms with Gasteiger partial charge >= 0.3 is 5.97 Å². The van der Waals surface area contributed by atoms with Crippen LogP contribution < -0.4 is 5.32 Å². The third-order valence-corrected chi connectivity index (χ3v) is 4.96. The summed E-state index contributed by atoms with van der Waals surface area (Å²) in [6.07, 6.45) is 3.40. The van der Waals surface area contributed by atoms with Gasteiger partial charge in [-0.1, -0.05) is 37.3 Å². The number of methoxy groups -OCH3 is 1. The van der Waals surface area contributed by atoms with Crippen LogP contribution in [-0.4, -0.2) is 50.6 Å². The van der Waals surface area contributed by atoms with E-state index in [9.17, 15) is 4.79 Å². The maximum absolute atomic E-state index is 11.1. The topological polar surface area (TPSA) is 53.9 Å². The molecule has 1 aromatic rings. The number of hydrogen-bond donors (Lipinski definition) is 1. The minimum Gasteiger partial charge on any atom is -0.469 e. The Balaban J connectivity index is 0.00000338. The van der Waals surface area contributed by atoms with Crippen LogP contribution in [0.3, 0.4) is 0 Å². The zero-order valence-electron chi connectivity index (χ0n) is 16.1. The SMILES string of the molecule is CN=C(NCCCCC(=O)OC)N1CCC(c2ccccc2)C(C)C1.I. The number of aliphatic imine (C=N–C) groups is 1. The Hall–Kier alpha value is -1.31. The van der Waals surface area contributed by atoms with Crippen LogP contribution in [-0.2, 0) is 9.53 Å². The summed E-state index contributed by atoms with van der Waals surface area (Å²) in [6, 6.07) is 10.8. The number of hydrogen-bond acceptors (Lipinski definition) is 3. The molecule has 0 radical (unpaired) electrons. The second-order valence-electron chi connectivity index (χ2n) is 6.74. The minimum absolute atomic E-state index is 0. The Bertz CT molecular complexity index is 565. The number of guanidine groups is 1. The van der Waals surface area contributed by atoms with E-state index in [1.54, 1.807) is 0 Å². The molecule has 5 nitrogen and oxygen atoms in total. The van der Waals surface area contributed by atoms with E-state index in [0.29, 0.717) is 18.3 Å². The molecule has 1 fully saturated rings. The van der Waals surface area contributed by atoms with Crippen LogP contribution >= 0.6 is 24.0 Å². The first-order valence-electron chi connectivity index (χ1n) is 9.23. The van der Waals surface area contributed by atoms with Gasteiger partial charge < -0.3 is 15.0 Å². The smallest absolute Gasteiger partial charge is 0.305 e. The fourth-order valence-electron chi connectivity index (χ4n) is 3.56. The molecule has 0 bridgehead atoms. The van der Waals surface area contributed by atoms with Crippen molar-refractivity contribution >= 4 is 35.9 Å². The lowest BCUT2D eigenvalue weighted by Crippen LogP contribution is -2.48. The standard InChI is InChI=1S/C20H31N3O2.HI/c1-16-15-23(14-12-18(16)17-9-5-4-6-10-17)20(21-2)22-13-8-7-11-19(24)25-3;/h4-6,9-10,16,18H,7-8,11-15H2,1-3H3,(H,21,22);1H. The molecule has 1 aromatic carbocycles. The molecule has 6 heteroatoms. The number of unbranched alkanes of at least 4 members (excludes halogenated alkanes) is 1. The number of carbonyl (C=O) groups excluding carboxylic acids is 1. The van der Waals surface area contributed by atoms with Crippen molar-refractivity contribution in [3.63, 3.8) is 0 Å². The normalized spacial score (nSPS) is 20.3. The summed E-state index contributed by atoms with van der Waals surface area (Å²) in [5, 5.41) is 3.43. The van der Waals surface area contributed by atoms with Gasteiger partial charge in [0.15, 0.2) is 5.96 Å². The third-order valence-electron chi connectivity index (χ3n) is 4.96. The first-order valence-corrected chi connectivity index (χ1v) is 9.23. The molecule has 2 atom stereocenters. The second-order valence-corrected chi connectivity index (χ2v) is 6.74. The molecule has 1 aliphatic rings. The highest BCUT2D eigenvalue weighted by Crippen LogP contribution is 2.32. The molecule has 2 rings (SSSR count). The first kappa shape index (κ1) is 22.7. The van der Waals surface area contributed by atoms with Crippen LogP contribution in [0.4, 0.5) is 0 Å². The minimum atomic E-state index is -0.138. The molecule has 1 N–H and O–H groups in total. The van der Waals surface area contributed by atoms with E-state index in [1.165, 1.54) is 12.7 Å².